The van der Waals surface area contributed by atoms with Crippen LogP contribution in [0.1, 0.15) is 12.8 Å². The van der Waals surface area contributed by atoms with E-state index in [0.29, 0.717) is 11.8 Å². The summed E-state index contributed by atoms with van der Waals surface area (Å²) in [6.45, 7) is 3.88. The smallest absolute Gasteiger partial charge is 0.0838 e. The predicted molar refractivity (Wildman–Crippen MR) is 46.5 cm³/mol. The maximum absolute atomic E-state index is 9.93. The maximum Gasteiger partial charge on any atom is 0.0838 e. The van der Waals surface area contributed by atoms with Gasteiger partial charge in [-0.25, -0.2) is 0 Å². The Morgan fingerprint density at radius 3 is 2.17 bits per heavy atom. The van der Waals surface area contributed by atoms with Gasteiger partial charge in [-0.1, -0.05) is 0 Å². The van der Waals surface area contributed by atoms with E-state index in [1.165, 1.54) is 37.0 Å². The summed E-state index contributed by atoms with van der Waals surface area (Å²) < 4.78 is 1.26. The van der Waals surface area contributed by atoms with Crippen molar-refractivity contribution in [3.8, 4) is 0 Å². The SMILES string of the molecule is C[N+]12CC3CC(C1)C(O)[C@H](C3)C2. The second-order valence-corrected chi connectivity index (χ2v) is 5.52. The van der Waals surface area contributed by atoms with Crippen molar-refractivity contribution in [2.24, 2.45) is 17.8 Å². The largest absolute Gasteiger partial charge is 0.392 e. The molecule has 0 spiro atoms. The average molecular weight is 168 g/mol. The van der Waals surface area contributed by atoms with Crippen LogP contribution in [0.15, 0.2) is 0 Å². The number of piperidine rings is 3. The van der Waals surface area contributed by atoms with Gasteiger partial charge in [-0.3, -0.25) is 0 Å². The first-order valence-electron chi connectivity index (χ1n) is 5.18. The fourth-order valence-electron chi connectivity index (χ4n) is 4.11. The summed E-state index contributed by atoms with van der Waals surface area (Å²) >= 11 is 0. The molecular formula is C10H18NO+. The topological polar surface area (TPSA) is 20.2 Å². The molecule has 1 aliphatic carbocycles. The minimum absolute atomic E-state index is 0.0488. The Morgan fingerprint density at radius 2 is 1.67 bits per heavy atom. The fraction of sp³-hybridized carbons (Fsp3) is 1.00. The zero-order valence-electron chi connectivity index (χ0n) is 7.74. The highest BCUT2D eigenvalue weighted by Gasteiger charge is 2.53. The Morgan fingerprint density at radius 1 is 1.08 bits per heavy atom. The van der Waals surface area contributed by atoms with E-state index in [-0.39, 0.29) is 6.10 Å². The highest BCUT2D eigenvalue weighted by atomic mass is 16.3. The van der Waals surface area contributed by atoms with Crippen LogP contribution in [0.4, 0.5) is 0 Å². The van der Waals surface area contributed by atoms with Crippen LogP contribution in [-0.4, -0.2) is 42.4 Å². The molecule has 0 radical (unpaired) electrons. The van der Waals surface area contributed by atoms with Crippen molar-refractivity contribution in [1.82, 2.24) is 0 Å². The summed E-state index contributed by atoms with van der Waals surface area (Å²) in [5, 5.41) is 9.93. The van der Waals surface area contributed by atoms with Crippen molar-refractivity contribution in [3.05, 3.63) is 0 Å². The summed E-state index contributed by atoms with van der Waals surface area (Å²) in [6.07, 6.45) is 2.67. The summed E-state index contributed by atoms with van der Waals surface area (Å²) in [5.41, 5.74) is 0. The normalized spacial score (nSPS) is 62.5. The minimum Gasteiger partial charge on any atom is -0.392 e. The molecule has 4 bridgehead atoms. The van der Waals surface area contributed by atoms with E-state index in [2.05, 4.69) is 7.05 Å². The molecule has 1 N–H and O–H groups in total. The average Bonchev–Trinajstić information content (AvgIpc) is 1.96. The quantitative estimate of drug-likeness (QED) is 0.521. The third-order valence-electron chi connectivity index (χ3n) is 4.29. The standard InChI is InChI=1S/C10H18NO/c1-11-4-7-2-8(5-11)10(12)9(3-7)6-11/h7-10,12H,2-6H2,1H3/q+1/t7?,8-,9?,10?,11?/m1/s1. The van der Waals surface area contributed by atoms with Gasteiger partial charge in [0.25, 0.3) is 0 Å². The Labute approximate surface area is 73.8 Å². The van der Waals surface area contributed by atoms with E-state index in [0.717, 1.165) is 5.92 Å². The number of aliphatic hydroxyl groups excluding tert-OH is 1. The highest BCUT2D eigenvalue weighted by Crippen LogP contribution is 2.46. The zero-order valence-corrected chi connectivity index (χ0v) is 7.74. The molecule has 4 aliphatic rings. The molecule has 3 aliphatic heterocycles. The number of hydrogen-bond acceptors (Lipinski definition) is 1. The minimum atomic E-state index is 0.0488. The first-order valence-corrected chi connectivity index (χ1v) is 5.18. The van der Waals surface area contributed by atoms with Crippen molar-refractivity contribution in [2.45, 2.75) is 18.9 Å². The molecule has 4 rings (SSSR count). The van der Waals surface area contributed by atoms with Gasteiger partial charge in [0.1, 0.15) is 0 Å². The van der Waals surface area contributed by atoms with E-state index in [4.69, 9.17) is 0 Å². The van der Waals surface area contributed by atoms with Crippen molar-refractivity contribution < 1.29 is 9.59 Å². The Bertz CT molecular complexity index is 200. The molecule has 0 aromatic heterocycles. The van der Waals surface area contributed by atoms with E-state index in [9.17, 15) is 5.11 Å². The number of nitrogens with zero attached hydrogens (tertiary/aromatic N) is 1. The number of quaternary nitrogens is 1. The monoisotopic (exact) mass is 168 g/mol. The summed E-state index contributed by atoms with van der Waals surface area (Å²) in [5.74, 6) is 2.22. The van der Waals surface area contributed by atoms with E-state index >= 15 is 0 Å². The predicted octanol–water partition coefficient (Wildman–Crippen LogP) is 0.463. The van der Waals surface area contributed by atoms with Gasteiger partial charge in [0.2, 0.25) is 0 Å². The summed E-state index contributed by atoms with van der Waals surface area (Å²) in [7, 11) is 2.37. The molecule has 2 heteroatoms. The molecule has 1 saturated carbocycles. The van der Waals surface area contributed by atoms with Gasteiger partial charge in [0.05, 0.1) is 32.8 Å². The van der Waals surface area contributed by atoms with Crippen LogP contribution in [-0.2, 0) is 0 Å². The van der Waals surface area contributed by atoms with Crippen LogP contribution in [0, 0.1) is 17.8 Å². The van der Waals surface area contributed by atoms with Gasteiger partial charge >= 0.3 is 0 Å². The van der Waals surface area contributed by atoms with E-state index in [1.807, 2.05) is 0 Å². The lowest BCUT2D eigenvalue weighted by atomic mass is 9.65. The zero-order chi connectivity index (χ0) is 8.34. The van der Waals surface area contributed by atoms with Gasteiger partial charge in [0.15, 0.2) is 0 Å². The molecule has 4 fully saturated rings. The van der Waals surface area contributed by atoms with Gasteiger partial charge < -0.3 is 9.59 Å². The van der Waals surface area contributed by atoms with Gasteiger partial charge in [0, 0.05) is 17.8 Å². The molecule has 3 heterocycles. The molecule has 3 saturated heterocycles. The van der Waals surface area contributed by atoms with Gasteiger partial charge in [-0.2, -0.15) is 0 Å². The lowest BCUT2D eigenvalue weighted by molar-refractivity contribution is -0.938. The van der Waals surface area contributed by atoms with Gasteiger partial charge in [-0.05, 0) is 12.8 Å². The Hall–Kier alpha value is -0.0800. The van der Waals surface area contributed by atoms with Crippen LogP contribution in [0.5, 0.6) is 0 Å². The van der Waals surface area contributed by atoms with Crippen LogP contribution in [0.3, 0.4) is 0 Å². The molecular weight excluding hydrogens is 150 g/mol. The van der Waals surface area contributed by atoms with E-state index in [1.54, 1.807) is 0 Å². The first-order chi connectivity index (χ1) is 5.66. The second-order valence-electron chi connectivity index (χ2n) is 5.52. The Balaban J connectivity index is 1.95. The molecule has 0 amide bonds. The van der Waals surface area contributed by atoms with Gasteiger partial charge in [-0.15, -0.1) is 0 Å². The summed E-state index contributed by atoms with van der Waals surface area (Å²) in [4.78, 5) is 0. The second kappa shape index (κ2) is 2.05. The highest BCUT2D eigenvalue weighted by molar-refractivity contribution is 4.93. The third kappa shape index (κ3) is 0.826. The Kier molecular flexibility index (Phi) is 1.25. The lowest BCUT2D eigenvalue weighted by Gasteiger charge is -2.58. The number of hydrogen-bond donors (Lipinski definition) is 1. The molecule has 12 heavy (non-hydrogen) atoms. The fourth-order valence-corrected chi connectivity index (χ4v) is 4.11. The first kappa shape index (κ1) is 7.34. The maximum atomic E-state index is 9.93. The van der Waals surface area contributed by atoms with Crippen molar-refractivity contribution >= 4 is 0 Å². The molecule has 4 unspecified atom stereocenters. The van der Waals surface area contributed by atoms with Crippen LogP contribution < -0.4 is 0 Å². The van der Waals surface area contributed by atoms with Crippen LogP contribution >= 0.6 is 0 Å². The van der Waals surface area contributed by atoms with Crippen molar-refractivity contribution in [3.63, 3.8) is 0 Å². The summed E-state index contributed by atoms with van der Waals surface area (Å²) in [6, 6.07) is 0. The molecule has 5 atom stereocenters. The van der Waals surface area contributed by atoms with Crippen molar-refractivity contribution in [2.75, 3.05) is 26.7 Å². The molecule has 2 nitrogen and oxygen atoms in total. The molecule has 0 aromatic rings. The van der Waals surface area contributed by atoms with Crippen LogP contribution in [0.25, 0.3) is 0 Å². The number of rotatable bonds is 0. The lowest BCUT2D eigenvalue weighted by Crippen LogP contribution is -2.68. The molecule has 68 valence electrons. The number of aliphatic hydroxyl groups is 1. The van der Waals surface area contributed by atoms with Crippen molar-refractivity contribution in [1.29, 1.82) is 0 Å². The van der Waals surface area contributed by atoms with Crippen LogP contribution in [0.2, 0.25) is 0 Å². The third-order valence-corrected chi connectivity index (χ3v) is 4.29. The van der Waals surface area contributed by atoms with E-state index < -0.39 is 0 Å². The molecule has 0 aromatic carbocycles.